The predicted molar refractivity (Wildman–Crippen MR) is 59.8 cm³/mol. The number of amides is 1. The van der Waals surface area contributed by atoms with Crippen LogP contribution in [0.4, 0.5) is 0 Å². The van der Waals surface area contributed by atoms with Crippen LogP contribution in [0.3, 0.4) is 0 Å². The van der Waals surface area contributed by atoms with Gasteiger partial charge >= 0.3 is 0 Å². The zero-order valence-electron chi connectivity index (χ0n) is 8.10. The van der Waals surface area contributed by atoms with Crippen LogP contribution in [0.25, 0.3) is 10.9 Å². The number of para-hydroxylation sites is 1. The van der Waals surface area contributed by atoms with Crippen LogP contribution < -0.4 is 5.73 Å². The second kappa shape index (κ2) is 3.86. The maximum absolute atomic E-state index is 11.2. The van der Waals surface area contributed by atoms with Gasteiger partial charge in [-0.3, -0.25) is 4.79 Å². The van der Waals surface area contributed by atoms with Crippen molar-refractivity contribution in [2.45, 2.75) is 5.16 Å². The Balaban J connectivity index is 2.76. The lowest BCUT2D eigenvalue weighted by atomic mass is 10.1. The summed E-state index contributed by atoms with van der Waals surface area (Å²) in [6, 6.07) is 5.29. The summed E-state index contributed by atoms with van der Waals surface area (Å²) in [5.41, 5.74) is 6.32. The summed E-state index contributed by atoms with van der Waals surface area (Å²) in [5, 5.41) is 1.46. The number of hydrogen-bond donors (Lipinski definition) is 1. The van der Waals surface area contributed by atoms with Crippen molar-refractivity contribution in [3.05, 3.63) is 30.0 Å². The Morgan fingerprint density at radius 2 is 2.27 bits per heavy atom. The van der Waals surface area contributed by atoms with E-state index in [1.54, 1.807) is 18.3 Å². The molecule has 1 amide bonds. The molecule has 0 saturated heterocycles. The van der Waals surface area contributed by atoms with Crippen LogP contribution in [0.15, 0.2) is 29.6 Å². The van der Waals surface area contributed by atoms with E-state index >= 15 is 0 Å². The zero-order chi connectivity index (χ0) is 10.8. The summed E-state index contributed by atoms with van der Waals surface area (Å²) >= 11 is 1.43. The van der Waals surface area contributed by atoms with Crippen molar-refractivity contribution in [1.29, 1.82) is 0 Å². The SMILES string of the molecule is CSc1ncc2cccc(C(N)=O)c2n1. The highest BCUT2D eigenvalue weighted by Crippen LogP contribution is 2.18. The van der Waals surface area contributed by atoms with Crippen LogP contribution >= 0.6 is 11.8 Å². The zero-order valence-corrected chi connectivity index (χ0v) is 8.91. The summed E-state index contributed by atoms with van der Waals surface area (Å²) in [4.78, 5) is 19.6. The van der Waals surface area contributed by atoms with Crippen molar-refractivity contribution in [3.63, 3.8) is 0 Å². The van der Waals surface area contributed by atoms with Crippen molar-refractivity contribution in [2.24, 2.45) is 5.73 Å². The molecule has 0 unspecified atom stereocenters. The lowest BCUT2D eigenvalue weighted by Crippen LogP contribution is -2.12. The second-order valence-corrected chi connectivity index (χ2v) is 3.74. The van der Waals surface area contributed by atoms with Crippen LogP contribution in [0.5, 0.6) is 0 Å². The minimum atomic E-state index is -0.466. The number of primary amides is 1. The fourth-order valence-electron chi connectivity index (χ4n) is 1.34. The topological polar surface area (TPSA) is 68.9 Å². The molecule has 15 heavy (non-hydrogen) atoms. The highest BCUT2D eigenvalue weighted by Gasteiger charge is 2.08. The number of hydrogen-bond acceptors (Lipinski definition) is 4. The van der Waals surface area contributed by atoms with Gasteiger partial charge in [0.2, 0.25) is 0 Å². The summed E-state index contributed by atoms with van der Waals surface area (Å²) in [6.07, 6.45) is 3.58. The maximum atomic E-state index is 11.2. The molecular formula is C10H9N3OS. The van der Waals surface area contributed by atoms with E-state index in [0.29, 0.717) is 16.2 Å². The van der Waals surface area contributed by atoms with Gasteiger partial charge in [0, 0.05) is 11.6 Å². The Morgan fingerprint density at radius 1 is 1.47 bits per heavy atom. The first-order chi connectivity index (χ1) is 7.22. The van der Waals surface area contributed by atoms with Crippen LogP contribution in [0.2, 0.25) is 0 Å². The molecule has 2 rings (SSSR count). The van der Waals surface area contributed by atoms with E-state index in [1.165, 1.54) is 11.8 Å². The fourth-order valence-corrected chi connectivity index (χ4v) is 1.68. The highest BCUT2D eigenvalue weighted by atomic mass is 32.2. The Bertz CT molecular complexity index is 527. The van der Waals surface area contributed by atoms with Gasteiger partial charge in [-0.05, 0) is 12.3 Å². The van der Waals surface area contributed by atoms with Gasteiger partial charge < -0.3 is 5.73 Å². The number of thioether (sulfide) groups is 1. The van der Waals surface area contributed by atoms with Crippen molar-refractivity contribution >= 4 is 28.6 Å². The molecule has 0 saturated carbocycles. The molecule has 1 aromatic heterocycles. The Morgan fingerprint density at radius 3 is 2.93 bits per heavy atom. The summed E-state index contributed by atoms with van der Waals surface area (Å²) in [6.45, 7) is 0. The molecule has 0 spiro atoms. The fraction of sp³-hybridized carbons (Fsp3) is 0.100. The first-order valence-corrected chi connectivity index (χ1v) is 5.54. The van der Waals surface area contributed by atoms with Crippen LogP contribution in [-0.2, 0) is 0 Å². The Hall–Kier alpha value is -1.62. The van der Waals surface area contributed by atoms with Gasteiger partial charge in [-0.25, -0.2) is 9.97 Å². The minimum Gasteiger partial charge on any atom is -0.366 e. The standard InChI is InChI=1S/C10H9N3OS/c1-15-10-12-5-6-3-2-4-7(9(11)14)8(6)13-10/h2-5H,1H3,(H2,11,14). The molecule has 2 N–H and O–H groups in total. The van der Waals surface area contributed by atoms with Crippen molar-refractivity contribution < 1.29 is 4.79 Å². The molecule has 0 fully saturated rings. The molecule has 0 aliphatic carbocycles. The number of carbonyl (C=O) groups is 1. The number of aromatic nitrogens is 2. The second-order valence-electron chi connectivity index (χ2n) is 2.96. The molecule has 1 aromatic carbocycles. The van der Waals surface area contributed by atoms with Crippen LogP contribution in [0, 0.1) is 0 Å². The third kappa shape index (κ3) is 1.78. The first-order valence-electron chi connectivity index (χ1n) is 4.32. The normalized spacial score (nSPS) is 10.5. The van der Waals surface area contributed by atoms with Crippen LogP contribution in [-0.4, -0.2) is 22.1 Å². The van der Waals surface area contributed by atoms with Gasteiger partial charge in [0.1, 0.15) is 0 Å². The molecule has 0 atom stereocenters. The van der Waals surface area contributed by atoms with E-state index in [1.807, 2.05) is 12.3 Å². The van der Waals surface area contributed by atoms with Gasteiger partial charge in [0.05, 0.1) is 11.1 Å². The number of carbonyl (C=O) groups excluding carboxylic acids is 1. The van der Waals surface area contributed by atoms with Crippen LogP contribution in [0.1, 0.15) is 10.4 Å². The quantitative estimate of drug-likeness (QED) is 0.613. The molecule has 76 valence electrons. The smallest absolute Gasteiger partial charge is 0.250 e. The molecule has 5 heteroatoms. The van der Waals surface area contributed by atoms with E-state index < -0.39 is 5.91 Å². The van der Waals surface area contributed by atoms with E-state index in [-0.39, 0.29) is 0 Å². The first kappa shape index (κ1) is 9.92. The average Bonchev–Trinajstić information content (AvgIpc) is 2.27. The van der Waals surface area contributed by atoms with E-state index in [2.05, 4.69) is 9.97 Å². The van der Waals surface area contributed by atoms with Gasteiger partial charge in [0.25, 0.3) is 5.91 Å². The van der Waals surface area contributed by atoms with E-state index in [9.17, 15) is 4.79 Å². The number of fused-ring (bicyclic) bond motifs is 1. The minimum absolute atomic E-state index is 0.435. The molecule has 0 aliphatic heterocycles. The average molecular weight is 219 g/mol. The molecule has 1 heterocycles. The van der Waals surface area contributed by atoms with Gasteiger partial charge in [0.15, 0.2) is 5.16 Å². The van der Waals surface area contributed by atoms with E-state index in [4.69, 9.17) is 5.73 Å². The van der Waals surface area contributed by atoms with Gasteiger partial charge in [-0.1, -0.05) is 23.9 Å². The van der Waals surface area contributed by atoms with Crippen molar-refractivity contribution in [1.82, 2.24) is 9.97 Å². The molecule has 2 aromatic rings. The number of nitrogens with zero attached hydrogens (tertiary/aromatic N) is 2. The third-order valence-corrected chi connectivity index (χ3v) is 2.60. The molecule has 0 bridgehead atoms. The van der Waals surface area contributed by atoms with Gasteiger partial charge in [-0.2, -0.15) is 0 Å². The lowest BCUT2D eigenvalue weighted by Gasteiger charge is -2.02. The molecule has 4 nitrogen and oxygen atoms in total. The number of rotatable bonds is 2. The van der Waals surface area contributed by atoms with E-state index in [0.717, 1.165) is 5.39 Å². The number of nitrogens with two attached hydrogens (primary N) is 1. The molecule has 0 radical (unpaired) electrons. The summed E-state index contributed by atoms with van der Waals surface area (Å²) < 4.78 is 0. The highest BCUT2D eigenvalue weighted by molar-refractivity contribution is 7.98. The largest absolute Gasteiger partial charge is 0.366 e. The Labute approximate surface area is 90.9 Å². The maximum Gasteiger partial charge on any atom is 0.250 e. The number of benzene rings is 1. The van der Waals surface area contributed by atoms with Gasteiger partial charge in [-0.15, -0.1) is 0 Å². The molecular weight excluding hydrogens is 210 g/mol. The summed E-state index contributed by atoms with van der Waals surface area (Å²) in [5.74, 6) is -0.466. The van der Waals surface area contributed by atoms with Crippen molar-refractivity contribution in [2.75, 3.05) is 6.26 Å². The predicted octanol–water partition coefficient (Wildman–Crippen LogP) is 1.45. The molecule has 0 aliphatic rings. The Kier molecular flexibility index (Phi) is 2.55. The third-order valence-electron chi connectivity index (χ3n) is 2.04. The van der Waals surface area contributed by atoms with Crippen molar-refractivity contribution in [3.8, 4) is 0 Å². The monoisotopic (exact) mass is 219 g/mol. The lowest BCUT2D eigenvalue weighted by molar-refractivity contribution is 0.100. The summed E-state index contributed by atoms with van der Waals surface area (Å²) in [7, 11) is 0.